The predicted molar refractivity (Wildman–Crippen MR) is 120 cm³/mol. The van der Waals surface area contributed by atoms with Crippen LogP contribution in [0, 0.1) is 0 Å². The highest BCUT2D eigenvalue weighted by Gasteiger charge is 2.53. The van der Waals surface area contributed by atoms with Gasteiger partial charge in [-0.05, 0) is 0 Å². The molecule has 3 heterocycles. The van der Waals surface area contributed by atoms with Gasteiger partial charge in [0.2, 0.25) is 0 Å². The molecule has 40 heavy (non-hydrogen) atoms. The van der Waals surface area contributed by atoms with E-state index in [1.165, 1.54) is 0 Å². The van der Waals surface area contributed by atoms with E-state index in [0.29, 0.717) is 0 Å². The molecule has 0 aromatic heterocycles. The van der Waals surface area contributed by atoms with E-state index in [0.717, 1.165) is 0 Å². The van der Waals surface area contributed by atoms with Crippen molar-refractivity contribution in [2.75, 3.05) is 26.4 Å². The quantitative estimate of drug-likeness (QED) is 0.110. The van der Waals surface area contributed by atoms with Crippen LogP contribution in [0.5, 0.6) is 0 Å². The van der Waals surface area contributed by atoms with Gasteiger partial charge in [-0.15, -0.1) is 0 Å². The first-order valence-corrected chi connectivity index (χ1v) is 12.1. The summed E-state index contributed by atoms with van der Waals surface area (Å²) in [4.78, 5) is 9.33. The third-order valence-corrected chi connectivity index (χ3v) is 6.44. The number of ether oxygens (including phenoxy) is 5. The van der Waals surface area contributed by atoms with E-state index < -0.39 is 125 Å². The molecule has 0 bridgehead atoms. The second-order valence-electron chi connectivity index (χ2n) is 9.22. The van der Waals surface area contributed by atoms with Crippen LogP contribution in [-0.4, -0.2) is 197 Å². The van der Waals surface area contributed by atoms with Crippen molar-refractivity contribution in [3.8, 4) is 0 Å². The average molecular weight is 595 g/mol. The molecule has 0 aliphatic carbocycles. The molecule has 19 nitrogen and oxygen atoms in total. The van der Waals surface area contributed by atoms with E-state index in [1.54, 1.807) is 0 Å². The summed E-state index contributed by atoms with van der Waals surface area (Å²) in [6, 6.07) is 0. The van der Waals surface area contributed by atoms with Crippen LogP contribution in [0.15, 0.2) is 0 Å². The van der Waals surface area contributed by atoms with E-state index in [9.17, 15) is 61.0 Å². The lowest BCUT2D eigenvalue weighted by molar-refractivity contribution is -0.378. The maximum atomic E-state index is 10.6. The second-order valence-corrected chi connectivity index (χ2v) is 9.22. The fourth-order valence-corrected chi connectivity index (χ4v) is 4.09. The molecule has 3 rings (SSSR count). The zero-order valence-corrected chi connectivity index (χ0v) is 20.9. The Bertz CT molecular complexity index is 743. The lowest BCUT2D eigenvalue weighted by atomic mass is 9.96. The summed E-state index contributed by atoms with van der Waals surface area (Å²) in [6.45, 7) is -2.79. The number of aldehydes is 1. The summed E-state index contributed by atoms with van der Waals surface area (Å²) in [7, 11) is 0. The Hall–Kier alpha value is -1.05. The summed E-state index contributed by atoms with van der Waals surface area (Å²) in [5.41, 5.74) is 0. The molecule has 16 atom stereocenters. The average Bonchev–Trinajstić information content (AvgIpc) is 2.96. The highest BCUT2D eigenvalue weighted by molar-refractivity contribution is 5.55. The standard InChI is InChI=1S/C18H32O16.C3H6O3/c19-1-4-7(22)9(24)11(26)17(31-4)33-14-6(3-21)32-18(12(27)10(14)25)34-15-8(23)5(2-20)30-16(29)13(15)28;4-1-3(6)2-5/h4-29H,1-3H2;1,3,5-6H,2H2/t4-,5-,6-,7-,8+,9+,10-,11+,12-,13-,14+,15+,16+,17-,18+;3-/m10/s1. The Kier molecular flexibility index (Phi) is 14.0. The molecule has 3 aliphatic rings. The van der Waals surface area contributed by atoms with Crippen LogP contribution in [0.3, 0.4) is 0 Å². The zero-order chi connectivity index (χ0) is 30.3. The van der Waals surface area contributed by atoms with Gasteiger partial charge in [-0.2, -0.15) is 0 Å². The van der Waals surface area contributed by atoms with Crippen molar-refractivity contribution in [2.45, 2.75) is 98.2 Å². The molecule has 0 radical (unpaired) electrons. The maximum absolute atomic E-state index is 10.6. The molecular formula is C21H38O19. The highest BCUT2D eigenvalue weighted by Crippen LogP contribution is 2.32. The third-order valence-electron chi connectivity index (χ3n) is 6.44. The van der Waals surface area contributed by atoms with Gasteiger partial charge in [0.1, 0.15) is 79.4 Å². The number of rotatable bonds is 9. The van der Waals surface area contributed by atoms with Gasteiger partial charge in [-0.25, -0.2) is 0 Å². The number of carbonyl (C=O) groups is 1. The minimum absolute atomic E-state index is 0.278. The minimum Gasteiger partial charge on any atom is -0.394 e. The Labute approximate surface area is 226 Å². The summed E-state index contributed by atoms with van der Waals surface area (Å²) in [5, 5.41) is 125. The van der Waals surface area contributed by atoms with Crippen LogP contribution in [0.25, 0.3) is 0 Å². The van der Waals surface area contributed by atoms with E-state index >= 15 is 0 Å². The normalized spacial score (nSPS) is 46.7. The lowest BCUT2D eigenvalue weighted by Crippen LogP contribution is -2.66. The largest absolute Gasteiger partial charge is 0.394 e. The van der Waals surface area contributed by atoms with Gasteiger partial charge in [0, 0.05) is 0 Å². The van der Waals surface area contributed by atoms with Crippen LogP contribution in [0.2, 0.25) is 0 Å². The first-order chi connectivity index (χ1) is 18.9. The van der Waals surface area contributed by atoms with Gasteiger partial charge < -0.3 is 94.9 Å². The van der Waals surface area contributed by atoms with E-state index in [1.807, 2.05) is 0 Å². The summed E-state index contributed by atoms with van der Waals surface area (Å²) in [5.74, 6) is 0. The molecule has 0 aromatic rings. The third kappa shape index (κ3) is 8.06. The minimum atomic E-state index is -1.93. The molecule has 0 amide bonds. The number of hydrogen-bond donors (Lipinski definition) is 13. The smallest absolute Gasteiger partial charge is 0.187 e. The van der Waals surface area contributed by atoms with Crippen LogP contribution in [0.1, 0.15) is 0 Å². The van der Waals surface area contributed by atoms with Gasteiger partial charge in [-0.3, -0.25) is 0 Å². The molecular weight excluding hydrogens is 556 g/mol. The van der Waals surface area contributed by atoms with Crippen molar-refractivity contribution < 1.29 is 94.9 Å². The summed E-state index contributed by atoms with van der Waals surface area (Å²) < 4.78 is 26.2. The fourth-order valence-electron chi connectivity index (χ4n) is 4.09. The molecule has 3 aliphatic heterocycles. The highest BCUT2D eigenvalue weighted by atomic mass is 16.7. The molecule has 0 saturated carbocycles. The first kappa shape index (κ1) is 35.1. The van der Waals surface area contributed by atoms with Crippen molar-refractivity contribution in [3.05, 3.63) is 0 Å². The molecule has 0 aromatic carbocycles. The monoisotopic (exact) mass is 594 g/mol. The van der Waals surface area contributed by atoms with Crippen LogP contribution in [-0.2, 0) is 28.5 Å². The van der Waals surface area contributed by atoms with E-state index in [2.05, 4.69) is 0 Å². The van der Waals surface area contributed by atoms with E-state index in [4.69, 9.17) is 33.9 Å². The summed E-state index contributed by atoms with van der Waals surface area (Å²) >= 11 is 0. The molecule has 19 heteroatoms. The van der Waals surface area contributed by atoms with Crippen LogP contribution < -0.4 is 0 Å². The summed E-state index contributed by atoms with van der Waals surface area (Å²) in [6.07, 6.45) is -26.2. The number of hydrogen-bond acceptors (Lipinski definition) is 19. The molecule has 13 N–H and O–H groups in total. The Morgan fingerprint density at radius 3 is 1.52 bits per heavy atom. The fraction of sp³-hybridized carbons (Fsp3) is 0.952. The van der Waals surface area contributed by atoms with Crippen molar-refractivity contribution in [3.63, 3.8) is 0 Å². The van der Waals surface area contributed by atoms with Crippen LogP contribution in [0.4, 0.5) is 0 Å². The Morgan fingerprint density at radius 1 is 0.575 bits per heavy atom. The Morgan fingerprint density at radius 2 is 1.05 bits per heavy atom. The second kappa shape index (κ2) is 16.0. The molecule has 3 fully saturated rings. The number of aliphatic hydroxyl groups is 13. The van der Waals surface area contributed by atoms with Crippen LogP contribution >= 0.6 is 0 Å². The van der Waals surface area contributed by atoms with Crippen molar-refractivity contribution in [1.82, 2.24) is 0 Å². The number of aliphatic hydroxyl groups excluding tert-OH is 13. The molecule has 0 spiro atoms. The SMILES string of the molecule is O=C[C@H](O)CO.OC[C@H]1O[C@H](O)[C@H](O)[C@@H](O[C@@H]2O[C@H](CO)[C@H](O[C@H]3O[C@H](CO)[C@@H](O)[C@H](O)[C@@H]3O)[C@H](O)[C@H]2O)[C@H]1O. The zero-order valence-electron chi connectivity index (χ0n) is 20.9. The van der Waals surface area contributed by atoms with E-state index in [-0.39, 0.29) is 6.29 Å². The molecule has 3 saturated heterocycles. The molecule has 236 valence electrons. The van der Waals surface area contributed by atoms with Gasteiger partial charge in [0.05, 0.1) is 26.4 Å². The van der Waals surface area contributed by atoms with Crippen molar-refractivity contribution in [1.29, 1.82) is 0 Å². The van der Waals surface area contributed by atoms with Gasteiger partial charge in [0.15, 0.2) is 25.2 Å². The van der Waals surface area contributed by atoms with Crippen molar-refractivity contribution in [2.24, 2.45) is 0 Å². The lowest BCUT2D eigenvalue weighted by Gasteiger charge is -2.47. The maximum Gasteiger partial charge on any atom is 0.187 e. The predicted octanol–water partition coefficient (Wildman–Crippen LogP) is -9.03. The topological polar surface area (TPSA) is 326 Å². The van der Waals surface area contributed by atoms with Crippen molar-refractivity contribution >= 4 is 6.29 Å². The Balaban J connectivity index is 0.000000840. The number of carbonyl (C=O) groups excluding carboxylic acids is 1. The van der Waals surface area contributed by atoms with Gasteiger partial charge in [0.25, 0.3) is 0 Å². The van der Waals surface area contributed by atoms with Gasteiger partial charge in [-0.1, -0.05) is 0 Å². The first-order valence-electron chi connectivity index (χ1n) is 12.1. The molecule has 0 unspecified atom stereocenters. The van der Waals surface area contributed by atoms with Gasteiger partial charge >= 0.3 is 0 Å².